The fraction of sp³-hybridized carbons (Fsp3) is 0.562. The molecule has 2 rings (SSSR count). The van der Waals surface area contributed by atoms with Crippen molar-refractivity contribution in [2.45, 2.75) is 57.7 Å². The van der Waals surface area contributed by atoms with Gasteiger partial charge in [0.2, 0.25) is 5.91 Å². The van der Waals surface area contributed by atoms with Crippen LogP contribution in [0.25, 0.3) is 0 Å². The molecule has 0 bridgehead atoms. The second-order valence-corrected chi connectivity index (χ2v) is 5.65. The Morgan fingerprint density at radius 2 is 1.85 bits per heavy atom. The molecule has 110 valence electrons. The number of rotatable bonds is 6. The van der Waals surface area contributed by atoms with Crippen molar-refractivity contribution in [3.05, 3.63) is 35.6 Å². The Morgan fingerprint density at radius 3 is 2.30 bits per heavy atom. The molecule has 3 nitrogen and oxygen atoms in total. The Morgan fingerprint density at radius 1 is 1.30 bits per heavy atom. The molecule has 1 aromatic rings. The highest BCUT2D eigenvalue weighted by Gasteiger charge is 2.40. The maximum Gasteiger partial charge on any atom is 0.243 e. The summed E-state index contributed by atoms with van der Waals surface area (Å²) in [5.41, 5.74) is 6.40. The first-order valence-electron chi connectivity index (χ1n) is 7.34. The van der Waals surface area contributed by atoms with E-state index in [1.165, 1.54) is 12.1 Å². The Balaban J connectivity index is 2.15. The third-order valence-electron chi connectivity index (χ3n) is 4.20. The van der Waals surface area contributed by atoms with Gasteiger partial charge in [0.15, 0.2) is 0 Å². The zero-order valence-electron chi connectivity index (χ0n) is 12.2. The van der Waals surface area contributed by atoms with Crippen molar-refractivity contribution in [3.63, 3.8) is 0 Å². The lowest BCUT2D eigenvalue weighted by Crippen LogP contribution is -2.55. The van der Waals surface area contributed by atoms with E-state index in [0.717, 1.165) is 18.4 Å². The van der Waals surface area contributed by atoms with Crippen LogP contribution in [0, 0.1) is 5.82 Å². The van der Waals surface area contributed by atoms with Gasteiger partial charge in [-0.05, 0) is 43.4 Å². The average Bonchev–Trinajstić information content (AvgIpc) is 3.29. The first kappa shape index (κ1) is 15.0. The number of nitrogens with zero attached hydrogens (tertiary/aromatic N) is 1. The molecular weight excluding hydrogens is 255 g/mol. The second-order valence-electron chi connectivity index (χ2n) is 5.65. The number of hydrogen-bond acceptors (Lipinski definition) is 2. The topological polar surface area (TPSA) is 46.3 Å². The third-order valence-corrected chi connectivity index (χ3v) is 4.20. The van der Waals surface area contributed by atoms with E-state index in [9.17, 15) is 9.18 Å². The molecule has 0 heterocycles. The van der Waals surface area contributed by atoms with Gasteiger partial charge in [0.25, 0.3) is 0 Å². The van der Waals surface area contributed by atoms with E-state index < -0.39 is 5.54 Å². The summed E-state index contributed by atoms with van der Waals surface area (Å²) in [5.74, 6) is -0.234. The predicted octanol–water partition coefficient (Wildman–Crippen LogP) is 2.83. The van der Waals surface area contributed by atoms with Crippen LogP contribution in [0.4, 0.5) is 4.39 Å². The largest absolute Gasteiger partial charge is 0.334 e. The minimum atomic E-state index is -0.775. The highest BCUT2D eigenvalue weighted by Crippen LogP contribution is 2.31. The normalized spacial score (nSPS) is 15.2. The van der Waals surface area contributed by atoms with Crippen molar-refractivity contribution in [1.29, 1.82) is 0 Å². The van der Waals surface area contributed by atoms with E-state index in [-0.39, 0.29) is 11.7 Å². The van der Waals surface area contributed by atoms with Crippen LogP contribution in [0.5, 0.6) is 0 Å². The molecule has 1 aliphatic rings. The number of halogens is 1. The molecule has 4 heteroatoms. The second kappa shape index (κ2) is 5.92. The lowest BCUT2D eigenvalue weighted by Gasteiger charge is -2.33. The molecular formula is C16H23FN2O. The lowest BCUT2D eigenvalue weighted by molar-refractivity contribution is -0.138. The van der Waals surface area contributed by atoms with E-state index in [2.05, 4.69) is 0 Å². The summed E-state index contributed by atoms with van der Waals surface area (Å²) in [7, 11) is 0. The predicted molar refractivity (Wildman–Crippen MR) is 77.5 cm³/mol. The molecule has 0 atom stereocenters. The van der Waals surface area contributed by atoms with Crippen LogP contribution in [0.1, 0.15) is 45.1 Å². The minimum absolute atomic E-state index is 0.0225. The number of benzene rings is 1. The molecule has 0 aromatic heterocycles. The highest BCUT2D eigenvalue weighted by molar-refractivity contribution is 5.86. The zero-order valence-corrected chi connectivity index (χ0v) is 12.2. The number of amides is 1. The SMILES string of the molecule is CCC(N)(CC)C(=O)N(Cc1ccc(F)cc1)C1CC1. The summed E-state index contributed by atoms with van der Waals surface area (Å²) >= 11 is 0. The van der Waals surface area contributed by atoms with Gasteiger partial charge in [-0.2, -0.15) is 0 Å². The van der Waals surface area contributed by atoms with E-state index in [1.807, 2.05) is 18.7 Å². The van der Waals surface area contributed by atoms with Gasteiger partial charge >= 0.3 is 0 Å². The number of hydrogen-bond donors (Lipinski definition) is 1. The minimum Gasteiger partial charge on any atom is -0.334 e. The molecule has 1 fully saturated rings. The van der Waals surface area contributed by atoms with Gasteiger partial charge < -0.3 is 10.6 Å². The summed E-state index contributed by atoms with van der Waals surface area (Å²) in [5, 5.41) is 0. The molecule has 20 heavy (non-hydrogen) atoms. The first-order valence-corrected chi connectivity index (χ1v) is 7.34. The van der Waals surface area contributed by atoms with Crippen LogP contribution in [0.2, 0.25) is 0 Å². The smallest absolute Gasteiger partial charge is 0.243 e. The molecule has 1 saturated carbocycles. The third kappa shape index (κ3) is 3.18. The van der Waals surface area contributed by atoms with E-state index in [0.29, 0.717) is 25.4 Å². The Kier molecular flexibility index (Phi) is 4.43. The molecule has 0 spiro atoms. The number of carbonyl (C=O) groups excluding carboxylic acids is 1. The number of nitrogens with two attached hydrogens (primary N) is 1. The van der Waals surface area contributed by atoms with Crippen LogP contribution in [0.15, 0.2) is 24.3 Å². The standard InChI is InChI=1S/C16H23FN2O/c1-3-16(18,4-2)15(20)19(14-9-10-14)11-12-5-7-13(17)8-6-12/h5-8,14H,3-4,9-11,18H2,1-2H3. The Hall–Kier alpha value is -1.42. The maximum absolute atomic E-state index is 13.0. The molecule has 0 unspecified atom stereocenters. The quantitative estimate of drug-likeness (QED) is 0.869. The van der Waals surface area contributed by atoms with Gasteiger partial charge in [-0.15, -0.1) is 0 Å². The fourth-order valence-corrected chi connectivity index (χ4v) is 2.38. The summed E-state index contributed by atoms with van der Waals surface area (Å²) in [6.45, 7) is 4.41. The molecule has 1 aromatic carbocycles. The Labute approximate surface area is 120 Å². The van der Waals surface area contributed by atoms with E-state index in [4.69, 9.17) is 5.73 Å². The van der Waals surface area contributed by atoms with Crippen molar-refractivity contribution >= 4 is 5.91 Å². The first-order chi connectivity index (χ1) is 9.50. The monoisotopic (exact) mass is 278 g/mol. The van der Waals surface area contributed by atoms with Gasteiger partial charge in [-0.1, -0.05) is 26.0 Å². The van der Waals surface area contributed by atoms with Gasteiger partial charge in [0, 0.05) is 12.6 Å². The van der Waals surface area contributed by atoms with Gasteiger partial charge in [-0.25, -0.2) is 4.39 Å². The molecule has 1 amide bonds. The van der Waals surface area contributed by atoms with Gasteiger partial charge in [-0.3, -0.25) is 4.79 Å². The van der Waals surface area contributed by atoms with Crippen LogP contribution in [0.3, 0.4) is 0 Å². The van der Waals surface area contributed by atoms with Crippen LogP contribution < -0.4 is 5.73 Å². The molecule has 0 saturated heterocycles. The lowest BCUT2D eigenvalue weighted by atomic mass is 9.92. The van der Waals surface area contributed by atoms with Gasteiger partial charge in [0.1, 0.15) is 5.82 Å². The maximum atomic E-state index is 13.0. The van der Waals surface area contributed by atoms with Crippen LogP contribution in [-0.2, 0) is 11.3 Å². The van der Waals surface area contributed by atoms with Crippen molar-refractivity contribution in [2.24, 2.45) is 5.73 Å². The molecule has 2 N–H and O–H groups in total. The van der Waals surface area contributed by atoms with Crippen molar-refractivity contribution in [2.75, 3.05) is 0 Å². The van der Waals surface area contributed by atoms with Gasteiger partial charge in [0.05, 0.1) is 5.54 Å². The van der Waals surface area contributed by atoms with Crippen LogP contribution >= 0.6 is 0 Å². The fourth-order valence-electron chi connectivity index (χ4n) is 2.38. The Bertz CT molecular complexity index is 464. The van der Waals surface area contributed by atoms with Crippen LogP contribution in [-0.4, -0.2) is 22.4 Å². The summed E-state index contributed by atoms with van der Waals surface area (Å²) in [6, 6.07) is 6.62. The molecule has 0 radical (unpaired) electrons. The summed E-state index contributed by atoms with van der Waals surface area (Å²) < 4.78 is 13.0. The summed E-state index contributed by atoms with van der Waals surface area (Å²) in [6.07, 6.45) is 3.34. The van der Waals surface area contributed by atoms with Crippen molar-refractivity contribution in [3.8, 4) is 0 Å². The highest BCUT2D eigenvalue weighted by atomic mass is 19.1. The van der Waals surface area contributed by atoms with E-state index >= 15 is 0 Å². The van der Waals surface area contributed by atoms with E-state index in [1.54, 1.807) is 12.1 Å². The van der Waals surface area contributed by atoms with Crippen molar-refractivity contribution < 1.29 is 9.18 Å². The number of carbonyl (C=O) groups is 1. The molecule has 1 aliphatic carbocycles. The zero-order chi connectivity index (χ0) is 14.8. The average molecular weight is 278 g/mol. The molecule has 0 aliphatic heterocycles. The summed E-state index contributed by atoms with van der Waals surface area (Å²) in [4.78, 5) is 14.6. The van der Waals surface area contributed by atoms with Crippen molar-refractivity contribution in [1.82, 2.24) is 4.90 Å².